The van der Waals surface area contributed by atoms with Crippen LogP contribution in [0.1, 0.15) is 21.5 Å². The smallest absolute Gasteiger partial charge is 0.255 e. The Morgan fingerprint density at radius 1 is 1.03 bits per heavy atom. The van der Waals surface area contributed by atoms with Crippen LogP contribution in [0.2, 0.25) is 5.02 Å². The molecule has 1 fully saturated rings. The van der Waals surface area contributed by atoms with Gasteiger partial charge in [0.05, 0.1) is 29.7 Å². The number of benzene rings is 2. The van der Waals surface area contributed by atoms with Crippen LogP contribution in [0.15, 0.2) is 35.2 Å². The van der Waals surface area contributed by atoms with Crippen molar-refractivity contribution in [3.05, 3.63) is 52.0 Å². The molecule has 1 aliphatic rings. The minimum Gasteiger partial charge on any atom is -0.493 e. The highest BCUT2D eigenvalue weighted by Gasteiger charge is 2.26. The molecule has 0 bridgehead atoms. The molecule has 10 heteroatoms. The quantitative estimate of drug-likeness (QED) is 0.587. The SMILES string of the molecule is COc1cc(C)c(CN2CCN(C(=O)c3cc(S(=O)(=O)N(C)C)ccc3Cl)CC2)cc1OC. The maximum atomic E-state index is 13.1. The number of methoxy groups -OCH3 is 2. The van der Waals surface area contributed by atoms with Crippen molar-refractivity contribution in [1.82, 2.24) is 14.1 Å². The van der Waals surface area contributed by atoms with Gasteiger partial charge in [-0.2, -0.15) is 0 Å². The molecule has 0 radical (unpaired) electrons. The van der Waals surface area contributed by atoms with Crippen molar-refractivity contribution >= 4 is 27.5 Å². The molecule has 0 unspecified atom stereocenters. The van der Waals surface area contributed by atoms with Crippen LogP contribution >= 0.6 is 11.6 Å². The molecule has 2 aromatic carbocycles. The molecule has 0 aromatic heterocycles. The third-order valence-corrected chi connectivity index (χ3v) is 7.98. The standard InChI is InChI=1S/C23H30ClN3O5S/c1-16-12-21(31-4)22(32-5)13-17(16)15-26-8-10-27(11-9-26)23(28)19-14-18(6-7-20(19)24)33(29,30)25(2)3/h6-7,12-14H,8-11,15H2,1-5H3. The van der Waals surface area contributed by atoms with Crippen LogP contribution < -0.4 is 9.47 Å². The number of halogens is 1. The molecule has 1 heterocycles. The molecule has 2 aromatic rings. The molecular formula is C23H30ClN3O5S. The van der Waals surface area contributed by atoms with Gasteiger partial charge >= 0.3 is 0 Å². The summed E-state index contributed by atoms with van der Waals surface area (Å²) < 4.78 is 36.8. The van der Waals surface area contributed by atoms with Crippen molar-refractivity contribution in [2.75, 3.05) is 54.5 Å². The Morgan fingerprint density at radius 3 is 2.21 bits per heavy atom. The van der Waals surface area contributed by atoms with E-state index in [4.69, 9.17) is 21.1 Å². The second-order valence-corrected chi connectivity index (χ2v) is 10.7. The lowest BCUT2D eigenvalue weighted by atomic mass is 10.1. The summed E-state index contributed by atoms with van der Waals surface area (Å²) in [7, 11) is 2.47. The van der Waals surface area contributed by atoms with Gasteiger partial charge in [-0.25, -0.2) is 12.7 Å². The first kappa shape index (κ1) is 25.3. The Bertz CT molecular complexity index is 1130. The summed E-state index contributed by atoms with van der Waals surface area (Å²) in [6.07, 6.45) is 0. The van der Waals surface area contributed by atoms with Crippen LogP contribution in [0.4, 0.5) is 0 Å². The van der Waals surface area contributed by atoms with Crippen molar-refractivity contribution in [3.63, 3.8) is 0 Å². The summed E-state index contributed by atoms with van der Waals surface area (Å²) in [5.41, 5.74) is 2.44. The molecule has 33 heavy (non-hydrogen) atoms. The summed E-state index contributed by atoms with van der Waals surface area (Å²) >= 11 is 6.26. The van der Waals surface area contributed by atoms with Crippen molar-refractivity contribution in [2.24, 2.45) is 0 Å². The summed E-state index contributed by atoms with van der Waals surface area (Å²) in [6, 6.07) is 8.19. The van der Waals surface area contributed by atoms with Crippen molar-refractivity contribution < 1.29 is 22.7 Å². The summed E-state index contributed by atoms with van der Waals surface area (Å²) in [5.74, 6) is 1.12. The first-order valence-corrected chi connectivity index (χ1v) is 12.4. The molecule has 3 rings (SSSR count). The first-order valence-electron chi connectivity index (χ1n) is 10.5. The number of nitrogens with zero attached hydrogens (tertiary/aromatic N) is 3. The molecule has 8 nitrogen and oxygen atoms in total. The Morgan fingerprint density at radius 2 is 1.64 bits per heavy atom. The number of carbonyl (C=O) groups excluding carboxylic acids is 1. The van der Waals surface area contributed by atoms with Crippen molar-refractivity contribution in [1.29, 1.82) is 0 Å². The number of hydrogen-bond acceptors (Lipinski definition) is 6. The van der Waals surface area contributed by atoms with E-state index in [1.54, 1.807) is 19.1 Å². The Labute approximate surface area is 200 Å². The van der Waals surface area contributed by atoms with Crippen LogP contribution in [-0.2, 0) is 16.6 Å². The zero-order valence-electron chi connectivity index (χ0n) is 19.6. The maximum Gasteiger partial charge on any atom is 0.255 e. The number of carbonyl (C=O) groups is 1. The molecule has 180 valence electrons. The molecule has 0 saturated carbocycles. The van der Waals surface area contributed by atoms with Gasteiger partial charge in [0.2, 0.25) is 10.0 Å². The summed E-state index contributed by atoms with van der Waals surface area (Å²) in [6.45, 7) is 5.18. The lowest BCUT2D eigenvalue weighted by Gasteiger charge is -2.35. The number of sulfonamides is 1. The lowest BCUT2D eigenvalue weighted by molar-refractivity contribution is 0.0628. The first-order chi connectivity index (χ1) is 15.6. The van der Waals surface area contributed by atoms with Gasteiger partial charge in [0.15, 0.2) is 11.5 Å². The third kappa shape index (κ3) is 5.43. The van der Waals surface area contributed by atoms with E-state index < -0.39 is 10.0 Å². The van der Waals surface area contributed by atoms with Gasteiger partial charge in [0.1, 0.15) is 0 Å². The van der Waals surface area contributed by atoms with E-state index in [1.165, 1.54) is 32.3 Å². The monoisotopic (exact) mass is 495 g/mol. The zero-order valence-corrected chi connectivity index (χ0v) is 21.2. The number of amides is 1. The topological polar surface area (TPSA) is 79.4 Å². The second-order valence-electron chi connectivity index (χ2n) is 8.13. The van der Waals surface area contributed by atoms with E-state index in [-0.39, 0.29) is 21.4 Å². The number of aryl methyl sites for hydroxylation is 1. The normalized spacial score (nSPS) is 15.1. The fraction of sp³-hybridized carbons (Fsp3) is 0.435. The van der Waals surface area contributed by atoms with Gasteiger partial charge in [-0.05, 0) is 48.4 Å². The second kappa shape index (κ2) is 10.3. The Balaban J connectivity index is 1.70. The van der Waals surface area contributed by atoms with E-state index >= 15 is 0 Å². The molecule has 1 amide bonds. The minimum absolute atomic E-state index is 0.0443. The largest absolute Gasteiger partial charge is 0.493 e. The van der Waals surface area contributed by atoms with Gasteiger partial charge in [-0.1, -0.05) is 11.6 Å². The number of ether oxygens (including phenoxy) is 2. The van der Waals surface area contributed by atoms with Gasteiger partial charge in [-0.15, -0.1) is 0 Å². The van der Waals surface area contributed by atoms with Crippen LogP contribution in [0.5, 0.6) is 11.5 Å². The van der Waals surface area contributed by atoms with Gasteiger partial charge in [0, 0.05) is 46.8 Å². The van der Waals surface area contributed by atoms with E-state index in [2.05, 4.69) is 4.90 Å². The van der Waals surface area contributed by atoms with Crippen LogP contribution in [0, 0.1) is 6.92 Å². The van der Waals surface area contributed by atoms with Crippen LogP contribution in [-0.4, -0.2) is 82.9 Å². The summed E-state index contributed by atoms with van der Waals surface area (Å²) in [4.78, 5) is 17.2. The molecule has 0 N–H and O–H groups in total. The highest BCUT2D eigenvalue weighted by molar-refractivity contribution is 7.89. The molecule has 1 aliphatic heterocycles. The highest BCUT2D eigenvalue weighted by atomic mass is 35.5. The van der Waals surface area contributed by atoms with E-state index in [1.807, 2.05) is 19.1 Å². The van der Waals surface area contributed by atoms with Gasteiger partial charge in [0.25, 0.3) is 5.91 Å². The predicted octanol–water partition coefficient (Wildman–Crippen LogP) is 2.87. The Kier molecular flexibility index (Phi) is 7.89. The average molecular weight is 496 g/mol. The molecular weight excluding hydrogens is 466 g/mol. The number of hydrogen-bond donors (Lipinski definition) is 0. The van der Waals surface area contributed by atoms with Gasteiger partial charge in [-0.3, -0.25) is 9.69 Å². The molecule has 0 aliphatic carbocycles. The maximum absolute atomic E-state index is 13.1. The Hall–Kier alpha value is -2.33. The number of rotatable bonds is 7. The lowest BCUT2D eigenvalue weighted by Crippen LogP contribution is -2.48. The fourth-order valence-electron chi connectivity index (χ4n) is 3.75. The van der Waals surface area contributed by atoms with E-state index in [9.17, 15) is 13.2 Å². The third-order valence-electron chi connectivity index (χ3n) is 5.84. The van der Waals surface area contributed by atoms with Gasteiger partial charge < -0.3 is 14.4 Å². The average Bonchev–Trinajstić information content (AvgIpc) is 2.80. The molecule has 0 spiro atoms. The highest BCUT2D eigenvalue weighted by Crippen LogP contribution is 2.31. The molecule has 0 atom stereocenters. The van der Waals surface area contributed by atoms with Crippen LogP contribution in [0.3, 0.4) is 0 Å². The predicted molar refractivity (Wildman–Crippen MR) is 128 cm³/mol. The molecule has 1 saturated heterocycles. The zero-order chi connectivity index (χ0) is 24.3. The van der Waals surface area contributed by atoms with Crippen molar-refractivity contribution in [2.45, 2.75) is 18.4 Å². The minimum atomic E-state index is -3.66. The van der Waals surface area contributed by atoms with E-state index in [0.717, 1.165) is 22.0 Å². The van der Waals surface area contributed by atoms with E-state index in [0.29, 0.717) is 37.7 Å². The van der Waals surface area contributed by atoms with Crippen molar-refractivity contribution in [3.8, 4) is 11.5 Å². The summed E-state index contributed by atoms with van der Waals surface area (Å²) in [5, 5.41) is 0.237. The number of piperazine rings is 1. The van der Waals surface area contributed by atoms with Crippen LogP contribution in [0.25, 0.3) is 0 Å². The fourth-order valence-corrected chi connectivity index (χ4v) is 4.88.